The molecule has 0 unspecified atom stereocenters. The summed E-state index contributed by atoms with van der Waals surface area (Å²) < 4.78 is 0. The Bertz CT molecular complexity index is 2570. The third-order valence-electron chi connectivity index (χ3n) is 10.2. The van der Waals surface area contributed by atoms with Crippen LogP contribution in [0.25, 0.3) is 76.5 Å². The second kappa shape index (κ2) is 10.9. The van der Waals surface area contributed by atoms with Crippen LogP contribution in [0.5, 0.6) is 0 Å². The highest BCUT2D eigenvalue weighted by molar-refractivity contribution is 6.25. The highest BCUT2D eigenvalue weighted by atomic mass is 15.4. The summed E-state index contributed by atoms with van der Waals surface area (Å²) in [6.07, 6.45) is 2.23. The number of pyridine rings is 2. The fourth-order valence-corrected chi connectivity index (χ4v) is 7.86. The highest BCUT2D eigenvalue weighted by Crippen LogP contribution is 2.38. The lowest BCUT2D eigenvalue weighted by Gasteiger charge is -2.40. The van der Waals surface area contributed by atoms with Gasteiger partial charge in [-0.1, -0.05) is 97.1 Å². The largest absolute Gasteiger partial charge is 0.342 e. The van der Waals surface area contributed by atoms with E-state index in [-0.39, 0.29) is 0 Å². The van der Waals surface area contributed by atoms with Crippen LogP contribution < -0.4 is 4.90 Å². The third-order valence-corrected chi connectivity index (χ3v) is 10.2. The summed E-state index contributed by atoms with van der Waals surface area (Å²) >= 11 is 0. The van der Waals surface area contributed by atoms with Crippen LogP contribution in [0.2, 0.25) is 0 Å². The Hall–Kier alpha value is -5.81. The smallest absolute Gasteiger partial charge is 0.202 e. The zero-order valence-corrected chi connectivity index (χ0v) is 26.6. The molecule has 230 valence electrons. The normalized spacial score (nSPS) is 15.0. The summed E-state index contributed by atoms with van der Waals surface area (Å²) in [7, 11) is 0. The molecule has 6 aromatic carbocycles. The zero-order chi connectivity index (χ0) is 31.6. The predicted octanol–water partition coefficient (Wildman–Crippen LogP) is 9.85. The molecule has 2 aromatic heterocycles. The molecule has 4 heterocycles. The highest BCUT2D eigenvalue weighted by Gasteiger charge is 2.27. The van der Waals surface area contributed by atoms with Crippen molar-refractivity contribution < 1.29 is 0 Å². The van der Waals surface area contributed by atoms with Gasteiger partial charge < -0.3 is 4.90 Å². The molecule has 0 aliphatic carbocycles. The van der Waals surface area contributed by atoms with E-state index in [2.05, 4.69) is 137 Å². The van der Waals surface area contributed by atoms with Crippen molar-refractivity contribution in [1.82, 2.24) is 14.9 Å². The van der Waals surface area contributed by atoms with E-state index in [4.69, 9.17) is 15.0 Å². The van der Waals surface area contributed by atoms with Crippen molar-refractivity contribution in [3.63, 3.8) is 0 Å². The second-order valence-corrected chi connectivity index (χ2v) is 13.0. The van der Waals surface area contributed by atoms with E-state index in [0.29, 0.717) is 0 Å². The van der Waals surface area contributed by atoms with Crippen LogP contribution in [0.1, 0.15) is 12.8 Å². The molecule has 0 radical (unpaired) electrons. The molecule has 0 spiro atoms. The first-order valence-electron chi connectivity index (χ1n) is 17.0. The molecule has 1 fully saturated rings. The van der Waals surface area contributed by atoms with Gasteiger partial charge in [-0.15, -0.1) is 0 Å². The van der Waals surface area contributed by atoms with Crippen LogP contribution >= 0.6 is 0 Å². The Labute approximate surface area is 278 Å². The number of aromatic nitrogens is 2. The number of guanidine groups is 1. The summed E-state index contributed by atoms with van der Waals surface area (Å²) in [5.74, 6) is 2.02. The maximum atomic E-state index is 5.28. The topological polar surface area (TPSA) is 44.6 Å². The van der Waals surface area contributed by atoms with Crippen molar-refractivity contribution >= 4 is 65.9 Å². The lowest BCUT2D eigenvalue weighted by atomic mass is 9.91. The molecular weight excluding hydrogens is 587 g/mol. The second-order valence-electron chi connectivity index (χ2n) is 13.0. The van der Waals surface area contributed by atoms with Crippen LogP contribution in [0.3, 0.4) is 0 Å². The number of nitrogens with zero attached hydrogens (tertiary/aromatic N) is 5. The number of hydrogen-bond acceptors (Lipinski definition) is 5. The van der Waals surface area contributed by atoms with E-state index in [1.54, 1.807) is 0 Å². The predicted molar refractivity (Wildman–Crippen MR) is 201 cm³/mol. The molecule has 2 aliphatic heterocycles. The summed E-state index contributed by atoms with van der Waals surface area (Å²) in [6, 6.07) is 46.1. The van der Waals surface area contributed by atoms with Gasteiger partial charge in [0.05, 0.1) is 16.7 Å². The maximum Gasteiger partial charge on any atom is 0.202 e. The number of hydrogen-bond donors (Lipinski definition) is 0. The van der Waals surface area contributed by atoms with Gasteiger partial charge in [0, 0.05) is 42.5 Å². The van der Waals surface area contributed by atoms with Crippen LogP contribution in [-0.2, 0) is 0 Å². The fourth-order valence-electron chi connectivity index (χ4n) is 7.86. The van der Waals surface area contributed by atoms with Crippen molar-refractivity contribution in [3.8, 4) is 22.4 Å². The average molecular weight is 620 g/mol. The van der Waals surface area contributed by atoms with Crippen molar-refractivity contribution in [2.45, 2.75) is 12.8 Å². The summed E-state index contributed by atoms with van der Waals surface area (Å²) in [6.45, 7) is 3.96. The van der Waals surface area contributed by atoms with Gasteiger partial charge in [0.2, 0.25) is 5.96 Å². The quantitative estimate of drug-likeness (QED) is 0.185. The monoisotopic (exact) mass is 619 g/mol. The van der Waals surface area contributed by atoms with Gasteiger partial charge in [0.1, 0.15) is 5.82 Å². The van der Waals surface area contributed by atoms with Crippen molar-refractivity contribution in [1.29, 1.82) is 0 Å². The van der Waals surface area contributed by atoms with Crippen LogP contribution in [0, 0.1) is 0 Å². The van der Waals surface area contributed by atoms with Gasteiger partial charge in [0.15, 0.2) is 0 Å². The Kier molecular flexibility index (Phi) is 6.19. The standard InChI is InChI=1S/C43H33N5/c1-2-12-35-33(10-1)34-11-3-4-13-36(34)38-27-31(16-19-37(35)38)30-8-5-9-32(26-30)39-20-17-28-14-15-29-18-21-40(46-42(29)41(28)45-39)48-25-7-24-47-23-6-22-44-43(47)48/h1-5,8-21,26-27H,6-7,22-25H2. The van der Waals surface area contributed by atoms with E-state index in [1.165, 1.54) is 43.4 Å². The minimum atomic E-state index is 0.884. The minimum absolute atomic E-state index is 0.884. The third kappa shape index (κ3) is 4.34. The fraction of sp³-hybridized carbons (Fsp3) is 0.140. The van der Waals surface area contributed by atoms with E-state index >= 15 is 0 Å². The summed E-state index contributed by atoms with van der Waals surface area (Å²) in [4.78, 5) is 20.1. The minimum Gasteiger partial charge on any atom is -0.342 e. The van der Waals surface area contributed by atoms with Crippen molar-refractivity contribution in [2.75, 3.05) is 31.1 Å². The lowest BCUT2D eigenvalue weighted by Crippen LogP contribution is -2.52. The molecule has 0 amide bonds. The number of aliphatic imine (C=N–C) groups is 1. The van der Waals surface area contributed by atoms with Gasteiger partial charge in [-0.25, -0.2) is 9.97 Å². The first-order valence-corrected chi connectivity index (χ1v) is 17.0. The average Bonchev–Trinajstić information content (AvgIpc) is 3.17. The van der Waals surface area contributed by atoms with Crippen LogP contribution in [-0.4, -0.2) is 47.0 Å². The van der Waals surface area contributed by atoms with Crippen molar-refractivity contribution in [3.05, 3.63) is 127 Å². The van der Waals surface area contributed by atoms with Gasteiger partial charge in [-0.05, 0) is 86.6 Å². The molecule has 8 aromatic rings. The van der Waals surface area contributed by atoms with Crippen LogP contribution in [0.15, 0.2) is 132 Å². The molecule has 0 N–H and O–H groups in total. The first kappa shape index (κ1) is 27.3. The molecule has 5 nitrogen and oxygen atoms in total. The SMILES string of the molecule is c1cc(-c2ccc3c4ccccc4c4ccccc4c3c2)cc(-c2ccc3ccc4ccc(N5CCCN6CCCN=C65)nc4c3n2)c1. The molecule has 0 atom stereocenters. The van der Waals surface area contributed by atoms with Crippen molar-refractivity contribution in [2.24, 2.45) is 4.99 Å². The van der Waals surface area contributed by atoms with E-state index in [1.807, 2.05) is 0 Å². The molecule has 48 heavy (non-hydrogen) atoms. The molecule has 2 aliphatic rings. The number of anilines is 1. The molecule has 1 saturated heterocycles. The Morgan fingerprint density at radius 1 is 0.458 bits per heavy atom. The number of benzene rings is 6. The number of fused-ring (bicyclic) bond motifs is 10. The molecule has 0 bridgehead atoms. The molecule has 5 heteroatoms. The Morgan fingerprint density at radius 2 is 1.08 bits per heavy atom. The molecule has 10 rings (SSSR count). The lowest BCUT2D eigenvalue weighted by molar-refractivity contribution is 0.359. The van der Waals surface area contributed by atoms with E-state index in [9.17, 15) is 0 Å². The first-order chi connectivity index (χ1) is 23.8. The molecular formula is C43H33N5. The van der Waals surface area contributed by atoms with Crippen LogP contribution in [0.4, 0.5) is 5.82 Å². The summed E-state index contributed by atoms with van der Waals surface area (Å²) in [5.41, 5.74) is 6.28. The van der Waals surface area contributed by atoms with Gasteiger partial charge in [-0.2, -0.15) is 0 Å². The Morgan fingerprint density at radius 3 is 1.88 bits per heavy atom. The zero-order valence-electron chi connectivity index (χ0n) is 26.6. The van der Waals surface area contributed by atoms with Gasteiger partial charge in [-0.3, -0.25) is 9.89 Å². The van der Waals surface area contributed by atoms with E-state index < -0.39 is 0 Å². The van der Waals surface area contributed by atoms with Gasteiger partial charge >= 0.3 is 0 Å². The van der Waals surface area contributed by atoms with Gasteiger partial charge in [0.25, 0.3) is 0 Å². The number of rotatable bonds is 3. The molecule has 0 saturated carbocycles. The summed E-state index contributed by atoms with van der Waals surface area (Å²) in [5, 5.41) is 9.92. The Balaban J connectivity index is 1.08. The maximum absolute atomic E-state index is 5.28. The van der Waals surface area contributed by atoms with E-state index in [0.717, 1.165) is 83.9 Å².